The van der Waals surface area contributed by atoms with Crippen LogP contribution in [0.1, 0.15) is 28.8 Å². The lowest BCUT2D eigenvalue weighted by molar-refractivity contribution is 0.0963. The van der Waals surface area contributed by atoms with Gasteiger partial charge >= 0.3 is 0 Å². The van der Waals surface area contributed by atoms with E-state index in [0.717, 1.165) is 23.7 Å². The largest absolute Gasteiger partial charge is 0.369 e. The molecule has 0 bridgehead atoms. The van der Waals surface area contributed by atoms with Crippen molar-refractivity contribution in [2.75, 3.05) is 18.9 Å². The zero-order chi connectivity index (χ0) is 15.5. The normalized spacial score (nSPS) is 13.7. The van der Waals surface area contributed by atoms with Gasteiger partial charge in [0.25, 0.3) is 5.91 Å². The molecule has 4 heteroatoms. The number of aromatic nitrogens is 1. The van der Waals surface area contributed by atoms with Crippen LogP contribution in [0.4, 0.5) is 5.82 Å². The Labute approximate surface area is 131 Å². The summed E-state index contributed by atoms with van der Waals surface area (Å²) >= 11 is 0. The molecule has 1 amide bonds. The Morgan fingerprint density at radius 2 is 2.09 bits per heavy atom. The summed E-state index contributed by atoms with van der Waals surface area (Å²) in [4.78, 5) is 16.7. The molecule has 4 nitrogen and oxygen atoms in total. The highest BCUT2D eigenvalue weighted by Crippen LogP contribution is 2.30. The van der Waals surface area contributed by atoms with Gasteiger partial charge in [-0.2, -0.15) is 0 Å². The van der Waals surface area contributed by atoms with E-state index in [2.05, 4.69) is 34.7 Å². The summed E-state index contributed by atoms with van der Waals surface area (Å²) < 4.78 is 0. The van der Waals surface area contributed by atoms with Gasteiger partial charge in [0, 0.05) is 19.2 Å². The number of carbonyl (C=O) groups excluding carboxylic acids is 1. The quantitative estimate of drug-likeness (QED) is 0.890. The fraction of sp³-hybridized carbons (Fsp3) is 0.333. The average molecular weight is 295 g/mol. The van der Waals surface area contributed by atoms with Crippen LogP contribution in [0.5, 0.6) is 0 Å². The first-order valence-corrected chi connectivity index (χ1v) is 7.71. The van der Waals surface area contributed by atoms with E-state index < -0.39 is 0 Å². The fourth-order valence-electron chi connectivity index (χ4n) is 2.44. The Morgan fingerprint density at radius 1 is 1.27 bits per heavy atom. The fourth-order valence-corrected chi connectivity index (χ4v) is 2.44. The molecule has 0 atom stereocenters. The highest BCUT2D eigenvalue weighted by Gasteiger charge is 2.22. The molecule has 1 aromatic carbocycles. The van der Waals surface area contributed by atoms with Crippen LogP contribution in [0, 0.1) is 12.8 Å². The van der Waals surface area contributed by atoms with Crippen LogP contribution in [0.15, 0.2) is 36.4 Å². The Hall–Kier alpha value is -2.36. The lowest BCUT2D eigenvalue weighted by atomic mass is 10.1. The monoisotopic (exact) mass is 295 g/mol. The van der Waals surface area contributed by atoms with Gasteiger partial charge in [-0.3, -0.25) is 4.79 Å². The van der Waals surface area contributed by atoms with Crippen molar-refractivity contribution in [3.63, 3.8) is 0 Å². The van der Waals surface area contributed by atoms with Crippen molar-refractivity contribution >= 4 is 11.7 Å². The average Bonchev–Trinajstić information content (AvgIpc) is 3.36. The second-order valence-electron chi connectivity index (χ2n) is 5.87. The zero-order valence-electron chi connectivity index (χ0n) is 13.0. The molecular weight excluding hydrogens is 274 g/mol. The van der Waals surface area contributed by atoms with Crippen molar-refractivity contribution in [3.05, 3.63) is 47.5 Å². The number of amides is 1. The summed E-state index contributed by atoms with van der Waals surface area (Å²) in [6, 6.07) is 12.0. The number of nitrogens with zero attached hydrogens (tertiary/aromatic N) is 1. The third kappa shape index (κ3) is 3.27. The van der Waals surface area contributed by atoms with Gasteiger partial charge in [-0.1, -0.05) is 23.8 Å². The molecule has 0 unspecified atom stereocenters. The van der Waals surface area contributed by atoms with Crippen LogP contribution >= 0.6 is 0 Å². The van der Waals surface area contributed by atoms with E-state index in [-0.39, 0.29) is 5.91 Å². The minimum atomic E-state index is -0.110. The summed E-state index contributed by atoms with van der Waals surface area (Å²) in [5, 5.41) is 6.02. The predicted molar refractivity (Wildman–Crippen MR) is 89.0 cm³/mol. The minimum absolute atomic E-state index is 0.110. The van der Waals surface area contributed by atoms with Crippen molar-refractivity contribution in [2.24, 2.45) is 5.92 Å². The van der Waals surface area contributed by atoms with E-state index >= 15 is 0 Å². The molecule has 0 spiro atoms. The maximum Gasteiger partial charge on any atom is 0.254 e. The maximum atomic E-state index is 12.0. The molecule has 22 heavy (non-hydrogen) atoms. The van der Waals surface area contributed by atoms with Crippen LogP contribution < -0.4 is 10.6 Å². The molecule has 0 radical (unpaired) electrons. The first-order chi connectivity index (χ1) is 10.7. The number of nitrogens with one attached hydrogen (secondary N) is 2. The molecule has 1 aliphatic carbocycles. The first kappa shape index (κ1) is 14.6. The van der Waals surface area contributed by atoms with Gasteiger partial charge in [0.15, 0.2) is 0 Å². The van der Waals surface area contributed by atoms with Crippen molar-refractivity contribution in [1.29, 1.82) is 0 Å². The lowest BCUT2D eigenvalue weighted by Crippen LogP contribution is -2.21. The van der Waals surface area contributed by atoms with Crippen molar-refractivity contribution < 1.29 is 4.79 Å². The third-order valence-corrected chi connectivity index (χ3v) is 3.94. The van der Waals surface area contributed by atoms with Crippen molar-refractivity contribution in [2.45, 2.75) is 19.8 Å². The summed E-state index contributed by atoms with van der Waals surface area (Å²) in [6.45, 7) is 2.95. The Morgan fingerprint density at radius 3 is 2.77 bits per heavy atom. The molecule has 2 N–H and O–H groups in total. The Kier molecular flexibility index (Phi) is 4.09. The number of hydrogen-bond acceptors (Lipinski definition) is 3. The van der Waals surface area contributed by atoms with Crippen LogP contribution in [0.25, 0.3) is 11.3 Å². The number of aryl methyl sites for hydroxylation is 1. The second kappa shape index (κ2) is 6.18. The zero-order valence-corrected chi connectivity index (χ0v) is 13.0. The maximum absolute atomic E-state index is 12.0. The molecule has 3 rings (SSSR count). The number of hydrogen-bond donors (Lipinski definition) is 2. The van der Waals surface area contributed by atoms with E-state index in [1.807, 2.05) is 24.3 Å². The van der Waals surface area contributed by atoms with Crippen LogP contribution in [-0.2, 0) is 0 Å². The number of anilines is 1. The van der Waals surface area contributed by atoms with Crippen LogP contribution in [0.3, 0.4) is 0 Å². The van der Waals surface area contributed by atoms with Crippen LogP contribution in [-0.4, -0.2) is 24.5 Å². The van der Waals surface area contributed by atoms with E-state index in [1.165, 1.54) is 18.4 Å². The summed E-state index contributed by atoms with van der Waals surface area (Å²) in [5.41, 5.74) is 3.74. The highest BCUT2D eigenvalue weighted by atomic mass is 16.1. The summed E-state index contributed by atoms with van der Waals surface area (Å²) in [7, 11) is 1.64. The van der Waals surface area contributed by atoms with Crippen molar-refractivity contribution in [1.82, 2.24) is 10.3 Å². The molecule has 1 fully saturated rings. The number of benzene rings is 1. The molecule has 0 saturated heterocycles. The smallest absolute Gasteiger partial charge is 0.254 e. The SMILES string of the molecule is CNC(=O)c1ccc(-c2cccc(C)c2)nc1NCC1CC1. The molecule has 1 heterocycles. The standard InChI is InChI=1S/C18H21N3O/c1-12-4-3-5-14(10-12)16-9-8-15(18(22)19-2)17(21-16)20-11-13-6-7-13/h3-5,8-10,13H,6-7,11H2,1-2H3,(H,19,22)(H,20,21). The van der Waals surface area contributed by atoms with E-state index in [0.29, 0.717) is 11.4 Å². The van der Waals surface area contributed by atoms with Gasteiger partial charge in [0.2, 0.25) is 0 Å². The Bertz CT molecular complexity index is 692. The van der Waals surface area contributed by atoms with Gasteiger partial charge in [-0.05, 0) is 43.9 Å². The highest BCUT2D eigenvalue weighted by molar-refractivity contribution is 5.99. The Balaban J connectivity index is 1.94. The van der Waals surface area contributed by atoms with Crippen LogP contribution in [0.2, 0.25) is 0 Å². The molecule has 2 aromatic rings. The third-order valence-electron chi connectivity index (χ3n) is 3.94. The van der Waals surface area contributed by atoms with Gasteiger partial charge in [-0.25, -0.2) is 4.98 Å². The molecule has 0 aliphatic heterocycles. The first-order valence-electron chi connectivity index (χ1n) is 7.71. The molecular formula is C18H21N3O. The number of pyridine rings is 1. The molecule has 1 saturated carbocycles. The van der Waals surface area contributed by atoms with Crippen molar-refractivity contribution in [3.8, 4) is 11.3 Å². The summed E-state index contributed by atoms with van der Waals surface area (Å²) in [6.07, 6.45) is 2.53. The topological polar surface area (TPSA) is 54.0 Å². The van der Waals surface area contributed by atoms with E-state index in [9.17, 15) is 4.79 Å². The molecule has 1 aromatic heterocycles. The number of rotatable bonds is 5. The van der Waals surface area contributed by atoms with Gasteiger partial charge in [0.1, 0.15) is 5.82 Å². The van der Waals surface area contributed by atoms with Gasteiger partial charge in [-0.15, -0.1) is 0 Å². The predicted octanol–water partition coefficient (Wildman–Crippen LogP) is 3.24. The second-order valence-corrected chi connectivity index (χ2v) is 5.87. The molecule has 1 aliphatic rings. The minimum Gasteiger partial charge on any atom is -0.369 e. The molecule has 114 valence electrons. The lowest BCUT2D eigenvalue weighted by Gasteiger charge is -2.12. The number of carbonyl (C=O) groups is 1. The van der Waals surface area contributed by atoms with Gasteiger partial charge in [0.05, 0.1) is 11.3 Å². The summed E-state index contributed by atoms with van der Waals surface area (Å²) in [5.74, 6) is 1.29. The van der Waals surface area contributed by atoms with E-state index in [1.54, 1.807) is 7.05 Å². The van der Waals surface area contributed by atoms with Gasteiger partial charge < -0.3 is 10.6 Å². The van der Waals surface area contributed by atoms with E-state index in [4.69, 9.17) is 0 Å².